The molecule has 0 aliphatic rings. The number of carboxylic acids is 1. The molecule has 0 saturated heterocycles. The lowest BCUT2D eigenvalue weighted by Gasteiger charge is -2.15. The van der Waals surface area contributed by atoms with Gasteiger partial charge in [-0.25, -0.2) is 0 Å². The second-order valence-corrected chi connectivity index (χ2v) is 4.67. The van der Waals surface area contributed by atoms with Gasteiger partial charge in [-0.05, 0) is 29.8 Å². The van der Waals surface area contributed by atoms with E-state index in [9.17, 15) is 15.0 Å². The Hall–Kier alpha value is -2.77. The Labute approximate surface area is 129 Å². The number of aliphatic carboxylic acids is 1. The van der Waals surface area contributed by atoms with Gasteiger partial charge in [0.1, 0.15) is 17.8 Å². The summed E-state index contributed by atoms with van der Waals surface area (Å²) in [5.41, 5.74) is 1.20. The van der Waals surface area contributed by atoms with Crippen molar-refractivity contribution in [2.24, 2.45) is 0 Å². The fourth-order valence-electron chi connectivity index (χ4n) is 2.03. The Morgan fingerprint density at radius 2 is 1.73 bits per heavy atom. The summed E-state index contributed by atoms with van der Waals surface area (Å²) in [7, 11) is 1.53. The standard InChI is InChI=1S/C18H16O4/c1-22-15-10-8-14(9-11-15)17(18(20)21)16(19)12-7-13-5-3-2-4-6-13/h2-6,8-11,16-17,19H,1H3,(H,20,21)/t16-,17-/m1/s1. The van der Waals surface area contributed by atoms with Crippen LogP contribution in [0.1, 0.15) is 17.0 Å². The average molecular weight is 296 g/mol. The van der Waals surface area contributed by atoms with Crippen molar-refractivity contribution in [1.29, 1.82) is 0 Å². The summed E-state index contributed by atoms with van der Waals surface area (Å²) < 4.78 is 5.04. The highest BCUT2D eigenvalue weighted by molar-refractivity contribution is 5.77. The van der Waals surface area contributed by atoms with Gasteiger partial charge in [-0.2, -0.15) is 0 Å². The fourth-order valence-corrected chi connectivity index (χ4v) is 2.03. The van der Waals surface area contributed by atoms with Crippen LogP contribution in [0.5, 0.6) is 5.75 Å². The molecule has 0 fully saturated rings. The highest BCUT2D eigenvalue weighted by Gasteiger charge is 2.27. The van der Waals surface area contributed by atoms with Gasteiger partial charge in [0.15, 0.2) is 0 Å². The van der Waals surface area contributed by atoms with Gasteiger partial charge in [0, 0.05) is 5.56 Å². The minimum atomic E-state index is -1.30. The molecule has 0 heterocycles. The molecule has 0 saturated carbocycles. The molecule has 0 bridgehead atoms. The molecule has 2 aromatic carbocycles. The first-order chi connectivity index (χ1) is 10.6. The lowest BCUT2D eigenvalue weighted by atomic mass is 9.93. The quantitative estimate of drug-likeness (QED) is 0.849. The van der Waals surface area contributed by atoms with E-state index in [1.54, 1.807) is 36.4 Å². The first-order valence-electron chi connectivity index (χ1n) is 6.73. The van der Waals surface area contributed by atoms with Gasteiger partial charge < -0.3 is 14.9 Å². The smallest absolute Gasteiger partial charge is 0.314 e. The van der Waals surface area contributed by atoms with Crippen molar-refractivity contribution < 1.29 is 19.7 Å². The normalized spacial score (nSPS) is 12.6. The van der Waals surface area contributed by atoms with Crippen LogP contribution in [0.4, 0.5) is 0 Å². The van der Waals surface area contributed by atoms with Crippen molar-refractivity contribution >= 4 is 5.97 Å². The third kappa shape index (κ3) is 3.87. The number of hydrogen-bond donors (Lipinski definition) is 2. The number of aliphatic hydroxyl groups is 1. The Balaban J connectivity index is 2.24. The van der Waals surface area contributed by atoms with E-state index in [1.807, 2.05) is 18.2 Å². The highest BCUT2D eigenvalue weighted by Crippen LogP contribution is 2.23. The third-order valence-electron chi connectivity index (χ3n) is 3.19. The molecular formula is C18H16O4. The maximum atomic E-state index is 11.4. The van der Waals surface area contributed by atoms with E-state index >= 15 is 0 Å². The zero-order valence-corrected chi connectivity index (χ0v) is 12.1. The zero-order chi connectivity index (χ0) is 15.9. The van der Waals surface area contributed by atoms with Crippen LogP contribution in [0.25, 0.3) is 0 Å². The summed E-state index contributed by atoms with van der Waals surface area (Å²) in [5.74, 6) is 3.77. The van der Waals surface area contributed by atoms with Crippen molar-refractivity contribution in [3.63, 3.8) is 0 Å². The molecule has 2 N–H and O–H groups in total. The van der Waals surface area contributed by atoms with E-state index < -0.39 is 18.0 Å². The number of ether oxygens (including phenoxy) is 1. The van der Waals surface area contributed by atoms with Crippen LogP contribution in [-0.2, 0) is 4.79 Å². The molecule has 0 amide bonds. The monoisotopic (exact) mass is 296 g/mol. The molecule has 0 spiro atoms. The van der Waals surface area contributed by atoms with Crippen LogP contribution in [0.2, 0.25) is 0 Å². The first kappa shape index (κ1) is 15.6. The number of carboxylic acid groups (broad SMARTS) is 1. The Morgan fingerprint density at radius 3 is 2.27 bits per heavy atom. The van der Waals surface area contributed by atoms with Gasteiger partial charge >= 0.3 is 5.97 Å². The van der Waals surface area contributed by atoms with E-state index in [-0.39, 0.29) is 0 Å². The van der Waals surface area contributed by atoms with Crippen molar-refractivity contribution in [3.8, 4) is 17.6 Å². The van der Waals surface area contributed by atoms with Gasteiger partial charge in [0.2, 0.25) is 0 Å². The molecule has 4 nitrogen and oxygen atoms in total. The highest BCUT2D eigenvalue weighted by atomic mass is 16.5. The number of aliphatic hydroxyl groups excluding tert-OH is 1. The number of benzene rings is 2. The summed E-state index contributed by atoms with van der Waals surface area (Å²) in [5, 5.41) is 19.5. The van der Waals surface area contributed by atoms with Gasteiger partial charge in [0.25, 0.3) is 0 Å². The molecular weight excluding hydrogens is 280 g/mol. The topological polar surface area (TPSA) is 66.8 Å². The first-order valence-corrected chi connectivity index (χ1v) is 6.73. The Bertz CT molecular complexity index is 681. The molecule has 0 unspecified atom stereocenters. The van der Waals surface area contributed by atoms with Crippen molar-refractivity contribution in [3.05, 3.63) is 65.7 Å². The second kappa shape index (κ2) is 7.30. The fraction of sp³-hybridized carbons (Fsp3) is 0.167. The molecule has 2 rings (SSSR count). The number of carbonyl (C=O) groups is 1. The predicted molar refractivity (Wildman–Crippen MR) is 82.7 cm³/mol. The van der Waals surface area contributed by atoms with Gasteiger partial charge in [-0.3, -0.25) is 4.79 Å². The van der Waals surface area contributed by atoms with Crippen LogP contribution < -0.4 is 4.74 Å². The molecule has 0 aliphatic carbocycles. The summed E-state index contributed by atoms with van der Waals surface area (Å²) in [6.45, 7) is 0. The average Bonchev–Trinajstić information content (AvgIpc) is 2.54. The van der Waals surface area contributed by atoms with Crippen molar-refractivity contribution in [2.45, 2.75) is 12.0 Å². The van der Waals surface area contributed by atoms with Crippen LogP contribution in [0.15, 0.2) is 54.6 Å². The zero-order valence-electron chi connectivity index (χ0n) is 12.1. The number of hydrogen-bond acceptors (Lipinski definition) is 3. The van der Waals surface area contributed by atoms with E-state index in [2.05, 4.69) is 11.8 Å². The minimum absolute atomic E-state index is 0.475. The molecule has 0 aliphatic heterocycles. The van der Waals surface area contributed by atoms with Crippen LogP contribution in [-0.4, -0.2) is 29.4 Å². The van der Waals surface area contributed by atoms with E-state index in [0.717, 1.165) is 5.56 Å². The molecule has 0 radical (unpaired) electrons. The Morgan fingerprint density at radius 1 is 1.09 bits per heavy atom. The molecule has 4 heteroatoms. The van der Waals surface area contributed by atoms with Gasteiger partial charge in [0.05, 0.1) is 7.11 Å². The molecule has 22 heavy (non-hydrogen) atoms. The van der Waals surface area contributed by atoms with Gasteiger partial charge in [-0.1, -0.05) is 42.2 Å². The van der Waals surface area contributed by atoms with Gasteiger partial charge in [-0.15, -0.1) is 0 Å². The summed E-state index contributed by atoms with van der Waals surface area (Å²) in [6.07, 6.45) is -1.30. The van der Waals surface area contributed by atoms with Crippen LogP contribution in [0.3, 0.4) is 0 Å². The SMILES string of the molecule is COc1ccc([C@@H](C(=O)O)[C@H](O)C#Cc2ccccc2)cc1. The second-order valence-electron chi connectivity index (χ2n) is 4.67. The maximum absolute atomic E-state index is 11.4. The predicted octanol–water partition coefficient (Wildman–Crippen LogP) is 2.28. The lowest BCUT2D eigenvalue weighted by molar-refractivity contribution is -0.140. The summed E-state index contributed by atoms with van der Waals surface area (Å²) >= 11 is 0. The molecule has 2 aromatic rings. The Kier molecular flexibility index (Phi) is 5.18. The van der Waals surface area contributed by atoms with Crippen molar-refractivity contribution in [2.75, 3.05) is 7.11 Å². The number of rotatable bonds is 4. The molecule has 112 valence electrons. The van der Waals surface area contributed by atoms with E-state index in [1.165, 1.54) is 7.11 Å². The molecule has 2 atom stereocenters. The lowest BCUT2D eigenvalue weighted by Crippen LogP contribution is -2.24. The number of methoxy groups -OCH3 is 1. The van der Waals surface area contributed by atoms with Crippen LogP contribution in [0, 0.1) is 11.8 Å². The van der Waals surface area contributed by atoms with Crippen molar-refractivity contribution in [1.82, 2.24) is 0 Å². The summed E-state index contributed by atoms with van der Waals surface area (Å²) in [4.78, 5) is 11.4. The largest absolute Gasteiger partial charge is 0.497 e. The van der Waals surface area contributed by atoms with E-state index in [0.29, 0.717) is 11.3 Å². The minimum Gasteiger partial charge on any atom is -0.497 e. The summed E-state index contributed by atoms with van der Waals surface area (Å²) in [6, 6.07) is 15.6. The molecule has 0 aromatic heterocycles. The van der Waals surface area contributed by atoms with E-state index in [4.69, 9.17) is 4.74 Å². The van der Waals surface area contributed by atoms with Crippen LogP contribution >= 0.6 is 0 Å². The third-order valence-corrected chi connectivity index (χ3v) is 3.19. The maximum Gasteiger partial charge on any atom is 0.314 e.